The number of benzene rings is 3. The quantitative estimate of drug-likeness (QED) is 0.279. The van der Waals surface area contributed by atoms with Crippen molar-refractivity contribution in [2.24, 2.45) is 0 Å². The minimum absolute atomic E-state index is 0.124. The third-order valence-corrected chi connectivity index (χ3v) is 5.75. The lowest BCUT2D eigenvalue weighted by atomic mass is 10.2. The number of hydrogen-bond donors (Lipinski definition) is 1. The van der Waals surface area contributed by atoms with Gasteiger partial charge in [0.2, 0.25) is 5.89 Å². The van der Waals surface area contributed by atoms with Gasteiger partial charge in [0.1, 0.15) is 11.3 Å². The molecule has 4 aromatic rings. The van der Waals surface area contributed by atoms with Gasteiger partial charge in [-0.15, -0.1) is 0 Å². The second-order valence-corrected chi connectivity index (χ2v) is 8.63. The molecular formula is C22H15Cl2IN2O3. The summed E-state index contributed by atoms with van der Waals surface area (Å²) in [5, 5.41) is 4.01. The Kier molecular flexibility index (Phi) is 6.17. The van der Waals surface area contributed by atoms with Gasteiger partial charge in [-0.05, 0) is 89.7 Å². The van der Waals surface area contributed by atoms with Crippen LogP contribution in [0.1, 0.15) is 5.56 Å². The second-order valence-electron chi connectivity index (χ2n) is 6.57. The van der Waals surface area contributed by atoms with Crippen LogP contribution in [-0.4, -0.2) is 17.5 Å². The fourth-order valence-corrected chi connectivity index (χ4v) is 3.64. The predicted octanol–water partition coefficient (Wildman–Crippen LogP) is 6.73. The molecule has 1 aromatic heterocycles. The molecule has 0 aliphatic carbocycles. The molecule has 8 heteroatoms. The van der Waals surface area contributed by atoms with Crippen LogP contribution in [-0.2, 0) is 4.79 Å². The van der Waals surface area contributed by atoms with Crippen LogP contribution < -0.4 is 10.1 Å². The summed E-state index contributed by atoms with van der Waals surface area (Å²) >= 11 is 14.5. The first-order chi connectivity index (χ1) is 14.4. The Morgan fingerprint density at radius 1 is 1.10 bits per heavy atom. The first-order valence-corrected chi connectivity index (χ1v) is 10.8. The maximum Gasteiger partial charge on any atom is 0.262 e. The zero-order valence-electron chi connectivity index (χ0n) is 15.7. The minimum atomic E-state index is -0.286. The van der Waals surface area contributed by atoms with Crippen LogP contribution in [0.15, 0.2) is 59.0 Å². The number of ether oxygens (including phenoxy) is 1. The molecule has 0 bridgehead atoms. The summed E-state index contributed by atoms with van der Waals surface area (Å²) in [4.78, 5) is 16.8. The van der Waals surface area contributed by atoms with E-state index in [9.17, 15) is 4.79 Å². The highest BCUT2D eigenvalue weighted by atomic mass is 127. The van der Waals surface area contributed by atoms with Gasteiger partial charge in [0.05, 0.1) is 10.6 Å². The molecule has 0 fully saturated rings. The summed E-state index contributed by atoms with van der Waals surface area (Å²) in [5.74, 6) is 0.725. The minimum Gasteiger partial charge on any atom is -0.484 e. The van der Waals surface area contributed by atoms with Gasteiger partial charge in [0.25, 0.3) is 5.91 Å². The largest absolute Gasteiger partial charge is 0.484 e. The Balaban J connectivity index is 1.47. The first kappa shape index (κ1) is 21.0. The average Bonchev–Trinajstić information content (AvgIpc) is 3.14. The first-order valence-electron chi connectivity index (χ1n) is 8.94. The topological polar surface area (TPSA) is 64.4 Å². The molecule has 1 N–H and O–H groups in total. The number of anilines is 1. The van der Waals surface area contributed by atoms with Gasteiger partial charge in [0.15, 0.2) is 12.2 Å². The van der Waals surface area contributed by atoms with Crippen molar-refractivity contribution in [1.82, 2.24) is 4.98 Å². The number of hydrogen-bond acceptors (Lipinski definition) is 4. The fraction of sp³-hybridized carbons (Fsp3) is 0.0909. The Morgan fingerprint density at radius 2 is 1.90 bits per heavy atom. The van der Waals surface area contributed by atoms with E-state index in [1.807, 2.05) is 19.1 Å². The van der Waals surface area contributed by atoms with Crippen LogP contribution >= 0.6 is 45.8 Å². The second kappa shape index (κ2) is 8.83. The van der Waals surface area contributed by atoms with E-state index in [1.54, 1.807) is 42.5 Å². The van der Waals surface area contributed by atoms with Crippen LogP contribution in [0.4, 0.5) is 5.69 Å². The van der Waals surface area contributed by atoms with Crippen LogP contribution in [0.25, 0.3) is 22.6 Å². The van der Waals surface area contributed by atoms with E-state index in [0.717, 1.165) is 14.7 Å². The lowest BCUT2D eigenvalue weighted by molar-refractivity contribution is -0.118. The third-order valence-electron chi connectivity index (χ3n) is 4.33. The lowest BCUT2D eigenvalue weighted by Gasteiger charge is -2.08. The highest BCUT2D eigenvalue weighted by molar-refractivity contribution is 14.1. The van der Waals surface area contributed by atoms with Crippen LogP contribution in [0.5, 0.6) is 5.75 Å². The standard InChI is InChI=1S/C22H15Cl2IN2O3/c1-12-8-15(4-6-17(12)23)29-11-21(28)26-14-3-7-20-19(10-14)27-22(30-20)16-9-13(25)2-5-18(16)24/h2-10H,11H2,1H3,(H,26,28). The van der Waals surface area contributed by atoms with Crippen molar-refractivity contribution in [1.29, 1.82) is 0 Å². The summed E-state index contributed by atoms with van der Waals surface area (Å²) in [6.45, 7) is 1.75. The van der Waals surface area contributed by atoms with E-state index in [1.165, 1.54) is 0 Å². The SMILES string of the molecule is Cc1cc(OCC(=O)Nc2ccc3oc(-c4cc(I)ccc4Cl)nc3c2)ccc1Cl. The Hall–Kier alpha value is -2.29. The molecule has 0 radical (unpaired) electrons. The summed E-state index contributed by atoms with van der Waals surface area (Å²) in [6.07, 6.45) is 0. The lowest BCUT2D eigenvalue weighted by Crippen LogP contribution is -2.20. The Bertz CT molecular complexity index is 1260. The molecule has 0 aliphatic rings. The highest BCUT2D eigenvalue weighted by Gasteiger charge is 2.13. The zero-order valence-corrected chi connectivity index (χ0v) is 19.4. The molecule has 0 atom stereocenters. The maximum atomic E-state index is 12.3. The summed E-state index contributed by atoms with van der Waals surface area (Å²) < 4.78 is 12.4. The van der Waals surface area contributed by atoms with Crippen LogP contribution in [0.2, 0.25) is 10.0 Å². The predicted molar refractivity (Wildman–Crippen MR) is 127 cm³/mol. The third kappa shape index (κ3) is 4.71. The molecule has 0 aliphatic heterocycles. The molecule has 152 valence electrons. The van der Waals surface area contributed by atoms with Gasteiger partial charge < -0.3 is 14.5 Å². The number of rotatable bonds is 5. The molecule has 1 amide bonds. The van der Waals surface area contributed by atoms with Gasteiger partial charge in [-0.2, -0.15) is 0 Å². The van der Waals surface area contributed by atoms with E-state index in [-0.39, 0.29) is 12.5 Å². The summed E-state index contributed by atoms with van der Waals surface area (Å²) in [5.41, 5.74) is 3.42. The number of aryl methyl sites for hydroxylation is 1. The number of amides is 1. The Morgan fingerprint density at radius 3 is 2.70 bits per heavy atom. The smallest absolute Gasteiger partial charge is 0.262 e. The molecule has 0 unspecified atom stereocenters. The number of nitrogens with one attached hydrogen (secondary N) is 1. The number of carbonyl (C=O) groups excluding carboxylic acids is 1. The summed E-state index contributed by atoms with van der Waals surface area (Å²) in [7, 11) is 0. The number of carbonyl (C=O) groups is 1. The normalized spacial score (nSPS) is 10.9. The van der Waals surface area contributed by atoms with E-state index < -0.39 is 0 Å². The van der Waals surface area contributed by atoms with Crippen molar-refractivity contribution < 1.29 is 13.9 Å². The molecule has 30 heavy (non-hydrogen) atoms. The highest BCUT2D eigenvalue weighted by Crippen LogP contribution is 2.32. The molecule has 3 aromatic carbocycles. The van der Waals surface area contributed by atoms with Gasteiger partial charge in [-0.1, -0.05) is 23.2 Å². The number of halogens is 3. The van der Waals surface area contributed by atoms with Crippen molar-refractivity contribution in [2.45, 2.75) is 6.92 Å². The fourth-order valence-electron chi connectivity index (χ4n) is 2.83. The average molecular weight is 553 g/mol. The summed E-state index contributed by atoms with van der Waals surface area (Å²) in [6, 6.07) is 16.1. The van der Waals surface area contributed by atoms with Gasteiger partial charge in [-0.25, -0.2) is 4.98 Å². The van der Waals surface area contributed by atoms with Gasteiger partial charge in [0, 0.05) is 14.3 Å². The zero-order chi connectivity index (χ0) is 21.3. The monoisotopic (exact) mass is 552 g/mol. The van der Waals surface area contributed by atoms with Crippen LogP contribution in [0.3, 0.4) is 0 Å². The molecule has 0 saturated heterocycles. The van der Waals surface area contributed by atoms with Crippen molar-refractivity contribution in [2.75, 3.05) is 11.9 Å². The van der Waals surface area contributed by atoms with E-state index >= 15 is 0 Å². The van der Waals surface area contributed by atoms with E-state index in [4.69, 9.17) is 32.4 Å². The number of oxazole rings is 1. The van der Waals surface area contributed by atoms with Crippen molar-refractivity contribution in [3.8, 4) is 17.2 Å². The van der Waals surface area contributed by atoms with Crippen molar-refractivity contribution in [3.05, 3.63) is 73.8 Å². The van der Waals surface area contributed by atoms with Gasteiger partial charge >= 0.3 is 0 Å². The molecule has 0 saturated carbocycles. The number of fused-ring (bicyclic) bond motifs is 1. The molecule has 0 spiro atoms. The van der Waals surface area contributed by atoms with Gasteiger partial charge in [-0.3, -0.25) is 4.79 Å². The number of nitrogens with zero attached hydrogens (tertiary/aromatic N) is 1. The van der Waals surface area contributed by atoms with E-state index in [0.29, 0.717) is 38.5 Å². The van der Waals surface area contributed by atoms with Crippen molar-refractivity contribution in [3.63, 3.8) is 0 Å². The Labute approximate surface area is 196 Å². The molecule has 1 heterocycles. The number of aromatic nitrogens is 1. The molecular weight excluding hydrogens is 538 g/mol. The maximum absolute atomic E-state index is 12.3. The van der Waals surface area contributed by atoms with Crippen LogP contribution in [0, 0.1) is 10.5 Å². The molecule has 5 nitrogen and oxygen atoms in total. The van der Waals surface area contributed by atoms with E-state index in [2.05, 4.69) is 32.9 Å². The van der Waals surface area contributed by atoms with Crippen molar-refractivity contribution >= 4 is 68.5 Å². The molecule has 4 rings (SSSR count).